The van der Waals surface area contributed by atoms with Gasteiger partial charge in [0, 0.05) is 23.2 Å². The highest BCUT2D eigenvalue weighted by Crippen LogP contribution is 2.28. The molecule has 4 nitrogen and oxygen atoms in total. The summed E-state index contributed by atoms with van der Waals surface area (Å²) in [4.78, 5) is 0.188. The van der Waals surface area contributed by atoms with Crippen molar-refractivity contribution in [2.45, 2.75) is 17.9 Å². The predicted molar refractivity (Wildman–Crippen MR) is 88.4 cm³/mol. The van der Waals surface area contributed by atoms with E-state index in [1.165, 1.54) is 10.4 Å². The van der Waals surface area contributed by atoms with Gasteiger partial charge in [-0.25, -0.2) is 8.42 Å². The highest BCUT2D eigenvalue weighted by Gasteiger charge is 2.26. The van der Waals surface area contributed by atoms with E-state index in [2.05, 4.69) is 15.9 Å². The minimum atomic E-state index is -3.59. The number of hydrogen-bond acceptors (Lipinski definition) is 3. The molecule has 0 amide bonds. The molecule has 0 spiro atoms. The Labute approximate surface area is 133 Å². The Balaban J connectivity index is 2.36. The summed E-state index contributed by atoms with van der Waals surface area (Å²) in [7, 11) is -2.02. The van der Waals surface area contributed by atoms with Gasteiger partial charge in [0.15, 0.2) is 0 Å². The number of benzene rings is 2. The zero-order chi connectivity index (χ0) is 15.6. The molecule has 2 rings (SSSR count). The van der Waals surface area contributed by atoms with E-state index < -0.39 is 10.0 Å². The Morgan fingerprint density at radius 3 is 2.33 bits per heavy atom. The number of anilines is 1. The van der Waals surface area contributed by atoms with E-state index in [1.807, 2.05) is 37.3 Å². The summed E-state index contributed by atoms with van der Waals surface area (Å²) >= 11 is 3.27. The molecule has 2 aromatic carbocycles. The summed E-state index contributed by atoms with van der Waals surface area (Å²) in [6.07, 6.45) is 0. The number of halogens is 1. The smallest absolute Gasteiger partial charge is 0.243 e. The molecule has 0 saturated carbocycles. The summed E-state index contributed by atoms with van der Waals surface area (Å²) in [6, 6.07) is 13.9. The van der Waals surface area contributed by atoms with Gasteiger partial charge in [-0.2, -0.15) is 4.31 Å². The quantitative estimate of drug-likeness (QED) is 0.840. The van der Waals surface area contributed by atoms with Crippen molar-refractivity contribution in [2.75, 3.05) is 12.8 Å². The molecule has 0 bridgehead atoms. The second kappa shape index (κ2) is 6.17. The number of rotatable bonds is 4. The van der Waals surface area contributed by atoms with Crippen LogP contribution in [0.15, 0.2) is 57.9 Å². The lowest BCUT2D eigenvalue weighted by molar-refractivity contribution is 0.398. The van der Waals surface area contributed by atoms with Gasteiger partial charge in [0.05, 0.1) is 4.90 Å². The maximum atomic E-state index is 12.7. The van der Waals surface area contributed by atoms with Crippen LogP contribution in [0.1, 0.15) is 18.5 Å². The number of hydrogen-bond donors (Lipinski definition) is 1. The monoisotopic (exact) mass is 368 g/mol. The lowest BCUT2D eigenvalue weighted by atomic mass is 10.1. The maximum absolute atomic E-state index is 12.7. The van der Waals surface area contributed by atoms with Gasteiger partial charge < -0.3 is 5.73 Å². The fraction of sp³-hybridized carbons (Fsp3) is 0.200. The van der Waals surface area contributed by atoms with Crippen molar-refractivity contribution >= 4 is 31.6 Å². The lowest BCUT2D eigenvalue weighted by Crippen LogP contribution is -2.29. The average Bonchev–Trinajstić information content (AvgIpc) is 2.49. The Kier molecular flexibility index (Phi) is 4.70. The molecule has 0 aromatic heterocycles. The molecule has 1 atom stereocenters. The van der Waals surface area contributed by atoms with E-state index in [0.717, 1.165) is 5.56 Å². The third-order valence-electron chi connectivity index (χ3n) is 3.47. The summed E-state index contributed by atoms with van der Waals surface area (Å²) < 4.78 is 27.4. The highest BCUT2D eigenvalue weighted by atomic mass is 79.9. The molecule has 0 aliphatic rings. The number of nitrogens with two attached hydrogens (primary N) is 1. The highest BCUT2D eigenvalue weighted by molar-refractivity contribution is 9.10. The van der Waals surface area contributed by atoms with Crippen LogP contribution in [-0.4, -0.2) is 19.8 Å². The number of nitrogen functional groups attached to an aromatic ring is 1. The molecule has 0 aliphatic heterocycles. The third-order valence-corrected chi connectivity index (χ3v) is 6.12. The number of sulfonamides is 1. The third kappa shape index (κ3) is 3.28. The van der Waals surface area contributed by atoms with Crippen LogP contribution in [0.25, 0.3) is 0 Å². The second-order valence-corrected chi connectivity index (χ2v) is 7.64. The zero-order valence-corrected chi connectivity index (χ0v) is 14.2. The van der Waals surface area contributed by atoms with Crippen molar-refractivity contribution in [1.29, 1.82) is 0 Å². The van der Waals surface area contributed by atoms with E-state index in [9.17, 15) is 8.42 Å². The van der Waals surface area contributed by atoms with E-state index in [1.54, 1.807) is 19.2 Å². The predicted octanol–water partition coefficient (Wildman–Crippen LogP) is 3.41. The van der Waals surface area contributed by atoms with Gasteiger partial charge in [0.25, 0.3) is 0 Å². The molecule has 0 fully saturated rings. The average molecular weight is 369 g/mol. The number of nitrogens with zero attached hydrogens (tertiary/aromatic N) is 1. The second-order valence-electron chi connectivity index (χ2n) is 4.79. The molecule has 2 aromatic rings. The SMILES string of the molecule is CC(c1ccccc1)N(C)S(=O)(=O)c1ccc(Br)c(N)c1. The van der Waals surface area contributed by atoms with Crippen molar-refractivity contribution < 1.29 is 8.42 Å². The first-order chi connectivity index (χ1) is 9.84. The fourth-order valence-corrected chi connectivity index (χ4v) is 3.63. The van der Waals surface area contributed by atoms with Crippen LogP contribution in [0.3, 0.4) is 0 Å². The Morgan fingerprint density at radius 2 is 1.76 bits per heavy atom. The minimum Gasteiger partial charge on any atom is -0.398 e. The molecule has 0 heterocycles. The molecule has 0 aliphatic carbocycles. The zero-order valence-electron chi connectivity index (χ0n) is 11.8. The van der Waals surface area contributed by atoms with E-state index >= 15 is 0 Å². The van der Waals surface area contributed by atoms with Crippen LogP contribution in [0, 0.1) is 0 Å². The molecular weight excluding hydrogens is 352 g/mol. The van der Waals surface area contributed by atoms with Gasteiger partial charge >= 0.3 is 0 Å². The van der Waals surface area contributed by atoms with E-state index in [-0.39, 0.29) is 10.9 Å². The van der Waals surface area contributed by atoms with Crippen LogP contribution in [0.2, 0.25) is 0 Å². The van der Waals surface area contributed by atoms with Crippen LogP contribution in [-0.2, 0) is 10.0 Å². The van der Waals surface area contributed by atoms with Gasteiger partial charge in [0.1, 0.15) is 0 Å². The maximum Gasteiger partial charge on any atom is 0.243 e. The Bertz CT molecular complexity index is 733. The topological polar surface area (TPSA) is 63.4 Å². The first-order valence-corrected chi connectivity index (χ1v) is 8.65. The van der Waals surface area contributed by atoms with E-state index in [4.69, 9.17) is 5.73 Å². The van der Waals surface area contributed by atoms with Crippen LogP contribution in [0.5, 0.6) is 0 Å². The van der Waals surface area contributed by atoms with Crippen LogP contribution in [0.4, 0.5) is 5.69 Å². The summed E-state index contributed by atoms with van der Waals surface area (Å²) in [5.74, 6) is 0. The van der Waals surface area contributed by atoms with Crippen molar-refractivity contribution in [2.24, 2.45) is 0 Å². The normalized spacial score (nSPS) is 13.3. The first-order valence-electron chi connectivity index (χ1n) is 6.42. The molecule has 21 heavy (non-hydrogen) atoms. The largest absolute Gasteiger partial charge is 0.398 e. The van der Waals surface area contributed by atoms with Crippen LogP contribution < -0.4 is 5.73 Å². The standard InChI is InChI=1S/C15H17BrN2O2S/c1-11(12-6-4-3-5-7-12)18(2)21(19,20)13-8-9-14(16)15(17)10-13/h3-11H,17H2,1-2H3. The molecule has 6 heteroatoms. The Morgan fingerprint density at radius 1 is 1.14 bits per heavy atom. The molecule has 0 radical (unpaired) electrons. The summed E-state index contributed by atoms with van der Waals surface area (Å²) in [6.45, 7) is 1.86. The first kappa shape index (κ1) is 16.0. The van der Waals surface area contributed by atoms with Crippen molar-refractivity contribution in [3.8, 4) is 0 Å². The molecule has 0 saturated heterocycles. The molecule has 112 valence electrons. The summed E-state index contributed by atoms with van der Waals surface area (Å²) in [5.41, 5.74) is 7.11. The van der Waals surface area contributed by atoms with Crippen LogP contribution >= 0.6 is 15.9 Å². The minimum absolute atomic E-state index is 0.188. The van der Waals surface area contributed by atoms with E-state index in [0.29, 0.717) is 10.2 Å². The molecular formula is C15H17BrN2O2S. The lowest BCUT2D eigenvalue weighted by Gasteiger charge is -2.25. The van der Waals surface area contributed by atoms with Gasteiger partial charge in [-0.15, -0.1) is 0 Å². The fourth-order valence-electron chi connectivity index (χ4n) is 2.00. The van der Waals surface area contributed by atoms with Crippen molar-refractivity contribution in [1.82, 2.24) is 4.31 Å². The van der Waals surface area contributed by atoms with Gasteiger partial charge in [-0.05, 0) is 46.6 Å². The summed E-state index contributed by atoms with van der Waals surface area (Å²) in [5, 5.41) is 0. The molecule has 2 N–H and O–H groups in total. The van der Waals surface area contributed by atoms with Gasteiger partial charge in [0.2, 0.25) is 10.0 Å². The van der Waals surface area contributed by atoms with Gasteiger partial charge in [-0.1, -0.05) is 30.3 Å². The molecule has 1 unspecified atom stereocenters. The van der Waals surface area contributed by atoms with Crippen molar-refractivity contribution in [3.05, 3.63) is 58.6 Å². The Hall–Kier alpha value is -1.37. The van der Waals surface area contributed by atoms with Crippen molar-refractivity contribution in [3.63, 3.8) is 0 Å². The van der Waals surface area contributed by atoms with Gasteiger partial charge in [-0.3, -0.25) is 0 Å².